The van der Waals surface area contributed by atoms with Crippen LogP contribution in [-0.2, 0) is 33.7 Å². The van der Waals surface area contributed by atoms with E-state index in [-0.39, 0.29) is 29.2 Å². The van der Waals surface area contributed by atoms with Crippen LogP contribution >= 0.6 is 0 Å². The van der Waals surface area contributed by atoms with E-state index in [0.29, 0.717) is 11.1 Å². The Morgan fingerprint density at radius 2 is 1.02 bits per heavy atom. The molecule has 1 aliphatic rings. The number of benzene rings is 5. The van der Waals surface area contributed by atoms with Gasteiger partial charge in [-0.05, 0) is 0 Å². The second-order valence-corrected chi connectivity index (χ2v) is 18.4. The number of carbonyl (C=O) groups excluding carboxylic acids is 2. The molecule has 0 spiro atoms. The zero-order valence-corrected chi connectivity index (χ0v) is 29.5. The van der Waals surface area contributed by atoms with Crippen LogP contribution in [0.1, 0.15) is 64.1 Å². The summed E-state index contributed by atoms with van der Waals surface area (Å²) >= 11 is -2.41. The van der Waals surface area contributed by atoms with E-state index in [0.717, 1.165) is 28.7 Å². The van der Waals surface area contributed by atoms with Crippen LogP contribution in [0.5, 0.6) is 0 Å². The van der Waals surface area contributed by atoms with E-state index in [1.54, 1.807) is 0 Å². The Kier molecular flexibility index (Phi) is 10.7. The number of nitrogens with one attached hydrogen (secondary N) is 2. The van der Waals surface area contributed by atoms with Gasteiger partial charge in [-0.15, -0.1) is 0 Å². The van der Waals surface area contributed by atoms with Gasteiger partial charge < -0.3 is 0 Å². The number of hydrogen-bond acceptors (Lipinski definition) is 2. The van der Waals surface area contributed by atoms with Gasteiger partial charge in [0, 0.05) is 0 Å². The molecule has 1 aliphatic carbocycles. The van der Waals surface area contributed by atoms with Gasteiger partial charge in [-0.1, -0.05) is 0 Å². The van der Waals surface area contributed by atoms with Crippen LogP contribution in [0.15, 0.2) is 152 Å². The molecule has 243 valence electrons. The molecule has 0 saturated heterocycles. The van der Waals surface area contributed by atoms with Crippen molar-refractivity contribution in [3.63, 3.8) is 0 Å². The first kappa shape index (κ1) is 33.6. The summed E-state index contributed by atoms with van der Waals surface area (Å²) in [5, 5.41) is 7.39. The summed E-state index contributed by atoms with van der Waals surface area (Å²) in [6, 6.07) is 51.2. The van der Waals surface area contributed by atoms with Crippen molar-refractivity contribution >= 4 is 11.8 Å². The van der Waals surface area contributed by atoms with Crippen molar-refractivity contribution in [1.29, 1.82) is 0 Å². The summed E-state index contributed by atoms with van der Waals surface area (Å²) < 4.78 is 1.39. The summed E-state index contributed by atoms with van der Waals surface area (Å²) in [6.07, 6.45) is 2.43. The van der Waals surface area contributed by atoms with Gasteiger partial charge in [0.15, 0.2) is 0 Å². The summed E-state index contributed by atoms with van der Waals surface area (Å²) in [4.78, 5) is 28.5. The average Bonchev–Trinajstić information content (AvgIpc) is 3.11. The van der Waals surface area contributed by atoms with E-state index < -0.39 is 21.7 Å². The Morgan fingerprint density at radius 1 is 0.604 bits per heavy atom. The van der Waals surface area contributed by atoms with E-state index in [2.05, 4.69) is 115 Å². The Bertz CT molecular complexity index is 1720. The van der Waals surface area contributed by atoms with Crippen LogP contribution in [0.4, 0.5) is 0 Å². The molecule has 1 fully saturated rings. The molecule has 48 heavy (non-hydrogen) atoms. The molecule has 3 unspecified atom stereocenters. The van der Waals surface area contributed by atoms with Crippen LogP contribution in [-0.4, -0.2) is 21.7 Å². The maximum atomic E-state index is 14.5. The third kappa shape index (κ3) is 8.24. The molecule has 2 N–H and O–H groups in total. The topological polar surface area (TPSA) is 58.2 Å². The van der Waals surface area contributed by atoms with Gasteiger partial charge in [-0.2, -0.15) is 0 Å². The van der Waals surface area contributed by atoms with Gasteiger partial charge in [0.05, 0.1) is 0 Å². The quantitative estimate of drug-likeness (QED) is 0.139. The Hall–Kier alpha value is -4.25. The number of hydrogen-bond donors (Lipinski definition) is 2. The minimum absolute atomic E-state index is 0.0179. The maximum absolute atomic E-state index is 14.5. The first-order chi connectivity index (χ1) is 23.3. The van der Waals surface area contributed by atoms with Crippen molar-refractivity contribution in [1.82, 2.24) is 10.6 Å². The van der Waals surface area contributed by atoms with Gasteiger partial charge in [0.2, 0.25) is 0 Å². The third-order valence-corrected chi connectivity index (χ3v) is 15.5. The SMILES string of the molecule is CC1(C)CC(NC(=O)c2ccccc2)C(Cc2ccccc2)[C](NC(=O)c2ccccc2)([Ti]([CH2]c2ccccc2)[CH2]c2ccccc2)C1. The van der Waals surface area contributed by atoms with Crippen molar-refractivity contribution in [2.45, 2.75) is 52.4 Å². The number of amides is 2. The van der Waals surface area contributed by atoms with Gasteiger partial charge >= 0.3 is 293 Å². The zero-order valence-electron chi connectivity index (χ0n) is 27.9. The molecule has 0 heterocycles. The van der Waals surface area contributed by atoms with Crippen LogP contribution in [0, 0.1) is 11.3 Å². The van der Waals surface area contributed by atoms with Crippen LogP contribution in [0.25, 0.3) is 0 Å². The Labute approximate surface area is 291 Å². The molecular formula is C43H45N2O2Ti. The number of rotatable bonds is 11. The molecule has 0 aromatic heterocycles. The molecule has 0 aliphatic heterocycles. The van der Waals surface area contributed by atoms with Crippen molar-refractivity contribution < 1.29 is 27.5 Å². The molecule has 6 rings (SSSR count). The normalized spacial score (nSPS) is 20.0. The molecule has 0 bridgehead atoms. The van der Waals surface area contributed by atoms with Crippen molar-refractivity contribution in [3.8, 4) is 0 Å². The molecule has 1 saturated carbocycles. The Morgan fingerprint density at radius 3 is 1.50 bits per heavy atom. The predicted octanol–water partition coefficient (Wildman–Crippen LogP) is 8.61. The molecule has 0 radical (unpaired) electrons. The fourth-order valence-corrected chi connectivity index (χ4v) is 14.1. The predicted molar refractivity (Wildman–Crippen MR) is 191 cm³/mol. The monoisotopic (exact) mass is 669 g/mol. The number of carbonyl (C=O) groups is 2. The van der Waals surface area contributed by atoms with E-state index in [1.165, 1.54) is 16.7 Å². The molecule has 5 aromatic carbocycles. The minimum atomic E-state index is -2.41. The summed E-state index contributed by atoms with van der Waals surface area (Å²) in [7, 11) is 0. The standard InChI is InChI=1S/C29H31N2O2.2C7H7.Ti/c1-29(2)19-25(30-27(32)22-14-8-4-9-15-22)24(18-21-12-6-3-7-13-21)26(20-29)31-28(33)23-16-10-5-11-17-23;2*1-7-5-3-2-4-6-7;/h3-17,24-25H,18-20H2,1-2H3,(H,30,32)(H,31,33);2*2-6H,1H2;. The molecule has 4 nitrogen and oxygen atoms in total. The zero-order chi connectivity index (χ0) is 33.4. The second kappa shape index (κ2) is 15.3. The van der Waals surface area contributed by atoms with Crippen LogP contribution in [0.2, 0.25) is 0 Å². The summed E-state index contributed by atoms with van der Waals surface area (Å²) in [6.45, 7) is 4.63. The van der Waals surface area contributed by atoms with Gasteiger partial charge in [0.1, 0.15) is 0 Å². The molecule has 2 amide bonds. The third-order valence-electron chi connectivity index (χ3n) is 9.82. The van der Waals surface area contributed by atoms with Crippen molar-refractivity contribution in [2.75, 3.05) is 0 Å². The van der Waals surface area contributed by atoms with E-state index in [4.69, 9.17) is 0 Å². The first-order valence-corrected chi connectivity index (χ1v) is 20.0. The second-order valence-electron chi connectivity index (χ2n) is 14.0. The molecule has 3 atom stereocenters. The van der Waals surface area contributed by atoms with E-state index in [9.17, 15) is 9.59 Å². The average molecular weight is 670 g/mol. The van der Waals surface area contributed by atoms with Crippen molar-refractivity contribution in [2.24, 2.45) is 11.3 Å². The van der Waals surface area contributed by atoms with Gasteiger partial charge in [-0.25, -0.2) is 0 Å². The molecular weight excluding hydrogens is 624 g/mol. The van der Waals surface area contributed by atoms with Gasteiger partial charge in [0.25, 0.3) is 0 Å². The van der Waals surface area contributed by atoms with Crippen molar-refractivity contribution in [3.05, 3.63) is 179 Å². The van der Waals surface area contributed by atoms with Crippen LogP contribution in [0.3, 0.4) is 0 Å². The molecule has 5 aromatic rings. The first-order valence-electron chi connectivity index (χ1n) is 17.0. The Balaban J connectivity index is 1.53. The van der Waals surface area contributed by atoms with Crippen LogP contribution < -0.4 is 10.6 Å². The van der Waals surface area contributed by atoms with Gasteiger partial charge in [-0.3, -0.25) is 0 Å². The molecule has 5 heteroatoms. The van der Waals surface area contributed by atoms with E-state index >= 15 is 0 Å². The summed E-state index contributed by atoms with van der Waals surface area (Å²) in [5.74, 6) is -0.117. The summed E-state index contributed by atoms with van der Waals surface area (Å²) in [5.41, 5.74) is 5.02. The fraction of sp³-hybridized carbons (Fsp3) is 0.256. The fourth-order valence-electron chi connectivity index (χ4n) is 7.76. The van der Waals surface area contributed by atoms with E-state index in [1.807, 2.05) is 60.7 Å².